The third-order valence-corrected chi connectivity index (χ3v) is 4.98. The summed E-state index contributed by atoms with van der Waals surface area (Å²) in [6.07, 6.45) is -0.0999. The number of aryl methyl sites for hydroxylation is 3. The number of amides is 1. The Balaban J connectivity index is 1.62. The molecule has 0 saturated carbocycles. The van der Waals surface area contributed by atoms with E-state index >= 15 is 0 Å². The lowest BCUT2D eigenvalue weighted by Gasteiger charge is -2.14. The second-order valence-corrected chi connectivity index (χ2v) is 7.41. The minimum absolute atomic E-state index is 0.192. The van der Waals surface area contributed by atoms with Crippen LogP contribution in [0.1, 0.15) is 28.5 Å². The van der Waals surface area contributed by atoms with Gasteiger partial charge in [-0.15, -0.1) is 0 Å². The van der Waals surface area contributed by atoms with Gasteiger partial charge in [-0.1, -0.05) is 6.07 Å². The summed E-state index contributed by atoms with van der Waals surface area (Å²) >= 11 is 0. The molecule has 0 radical (unpaired) electrons. The number of nitrogens with zero attached hydrogens (tertiary/aromatic N) is 4. The average molecular weight is 420 g/mol. The summed E-state index contributed by atoms with van der Waals surface area (Å²) in [6.45, 7) is 5.39. The summed E-state index contributed by atoms with van der Waals surface area (Å²) in [7, 11) is 0. The number of carbonyl (C=O) groups excluding carboxylic acids is 1. The normalized spacial score (nSPS) is 12.2. The van der Waals surface area contributed by atoms with E-state index in [-0.39, 0.29) is 5.56 Å². The lowest BCUT2D eigenvalue weighted by Crippen LogP contribution is -2.21. The van der Waals surface area contributed by atoms with E-state index in [0.29, 0.717) is 28.1 Å². The molecule has 2 heterocycles. The molecule has 8 nitrogen and oxygen atoms in total. The van der Waals surface area contributed by atoms with E-state index in [1.165, 1.54) is 12.4 Å². The molecule has 0 aliphatic rings. The molecule has 1 atom stereocenters. The fourth-order valence-electron chi connectivity index (χ4n) is 3.54. The Hall–Kier alpha value is -3.85. The van der Waals surface area contributed by atoms with Crippen molar-refractivity contribution in [2.24, 2.45) is 0 Å². The second-order valence-electron chi connectivity index (χ2n) is 7.41. The summed E-state index contributed by atoms with van der Waals surface area (Å²) in [5.74, 6) is -0.849. The summed E-state index contributed by atoms with van der Waals surface area (Å²) < 4.78 is 15.3. The molecule has 2 aromatic carbocycles. The molecule has 31 heavy (non-hydrogen) atoms. The van der Waals surface area contributed by atoms with E-state index in [9.17, 15) is 14.3 Å². The fraction of sp³-hybridized carbons (Fsp3) is 0.182. The molecule has 9 heteroatoms. The molecule has 0 bridgehead atoms. The summed E-state index contributed by atoms with van der Waals surface area (Å²) in [6, 6.07) is 9.26. The van der Waals surface area contributed by atoms with Crippen LogP contribution in [0.4, 0.5) is 15.9 Å². The summed E-state index contributed by atoms with van der Waals surface area (Å²) in [5, 5.41) is 17.5. The zero-order chi connectivity index (χ0) is 22.3. The third-order valence-electron chi connectivity index (χ3n) is 4.98. The Kier molecular flexibility index (Phi) is 5.12. The minimum atomic E-state index is -1.50. The number of fused-ring (bicyclic) bond motifs is 1. The molecule has 0 aliphatic carbocycles. The van der Waals surface area contributed by atoms with Gasteiger partial charge >= 0.3 is 0 Å². The van der Waals surface area contributed by atoms with E-state index in [2.05, 4.69) is 20.4 Å². The number of nitrogens with one attached hydrogen (secondary N) is 1. The first-order chi connectivity index (χ1) is 14.7. The predicted molar refractivity (Wildman–Crippen MR) is 115 cm³/mol. The maximum atomic E-state index is 13.6. The molecule has 0 aliphatic heterocycles. The molecule has 0 fully saturated rings. The van der Waals surface area contributed by atoms with Crippen molar-refractivity contribution < 1.29 is 14.3 Å². The van der Waals surface area contributed by atoms with Crippen LogP contribution in [0.25, 0.3) is 16.7 Å². The number of hydrogen-bond donors (Lipinski definition) is 3. The molecule has 158 valence electrons. The Morgan fingerprint density at radius 2 is 1.94 bits per heavy atom. The van der Waals surface area contributed by atoms with Crippen LogP contribution in [-0.4, -0.2) is 30.8 Å². The van der Waals surface area contributed by atoms with Crippen molar-refractivity contribution in [2.45, 2.75) is 26.9 Å². The van der Waals surface area contributed by atoms with Gasteiger partial charge < -0.3 is 16.2 Å². The third kappa shape index (κ3) is 3.82. The van der Waals surface area contributed by atoms with E-state index in [0.717, 1.165) is 23.0 Å². The fourth-order valence-corrected chi connectivity index (χ4v) is 3.54. The minimum Gasteiger partial charge on any atom is -0.382 e. The van der Waals surface area contributed by atoms with Gasteiger partial charge in [-0.2, -0.15) is 5.10 Å². The lowest BCUT2D eigenvalue weighted by atomic mass is 10.1. The van der Waals surface area contributed by atoms with Crippen molar-refractivity contribution in [3.05, 3.63) is 70.9 Å². The highest BCUT2D eigenvalue weighted by Crippen LogP contribution is 2.27. The van der Waals surface area contributed by atoms with Gasteiger partial charge in [0.05, 0.1) is 11.4 Å². The zero-order valence-corrected chi connectivity index (χ0v) is 17.2. The molecule has 1 amide bonds. The largest absolute Gasteiger partial charge is 0.382 e. The van der Waals surface area contributed by atoms with Crippen LogP contribution in [0.2, 0.25) is 0 Å². The van der Waals surface area contributed by atoms with Crippen molar-refractivity contribution in [3.63, 3.8) is 0 Å². The number of rotatable bonds is 4. The van der Waals surface area contributed by atoms with Gasteiger partial charge in [0.25, 0.3) is 5.91 Å². The monoisotopic (exact) mass is 420 g/mol. The molecule has 4 aromatic rings. The van der Waals surface area contributed by atoms with Crippen LogP contribution in [0.5, 0.6) is 0 Å². The van der Waals surface area contributed by atoms with Gasteiger partial charge in [-0.05, 0) is 67.8 Å². The number of carbonyl (C=O) groups is 1. The van der Waals surface area contributed by atoms with Gasteiger partial charge in [-0.25, -0.2) is 19.0 Å². The quantitative estimate of drug-likeness (QED) is 0.467. The molecule has 1 unspecified atom stereocenters. The van der Waals surface area contributed by atoms with Crippen molar-refractivity contribution in [3.8, 4) is 5.69 Å². The molecule has 4 N–H and O–H groups in total. The Labute approximate surface area is 177 Å². The van der Waals surface area contributed by atoms with E-state index in [1.807, 2.05) is 13.8 Å². The predicted octanol–water partition coefficient (Wildman–Crippen LogP) is 3.13. The molecule has 0 saturated heterocycles. The van der Waals surface area contributed by atoms with E-state index in [1.54, 1.807) is 35.9 Å². The van der Waals surface area contributed by atoms with Gasteiger partial charge in [0.15, 0.2) is 11.9 Å². The Bertz CT molecular complexity index is 1300. The molecule has 4 rings (SSSR count). The number of aliphatic hydroxyl groups is 1. The zero-order valence-electron chi connectivity index (χ0n) is 17.2. The van der Waals surface area contributed by atoms with Crippen LogP contribution in [0.3, 0.4) is 0 Å². The van der Waals surface area contributed by atoms with Crippen LogP contribution < -0.4 is 11.1 Å². The van der Waals surface area contributed by atoms with Gasteiger partial charge in [0.2, 0.25) is 0 Å². The first kappa shape index (κ1) is 20.4. The number of hydrogen-bond acceptors (Lipinski definition) is 6. The van der Waals surface area contributed by atoms with Crippen molar-refractivity contribution in [2.75, 3.05) is 11.1 Å². The maximum Gasteiger partial charge on any atom is 0.257 e. The molecular formula is C22H21FN6O2. The number of aromatic nitrogens is 4. The number of anilines is 2. The molecular weight excluding hydrogens is 399 g/mol. The first-order valence-corrected chi connectivity index (χ1v) is 9.57. The highest BCUT2D eigenvalue weighted by atomic mass is 19.1. The average Bonchev–Trinajstić information content (AvgIpc) is 3.04. The number of aliphatic hydroxyl groups excluding tert-OH is 1. The SMILES string of the molecule is Cc1cc(F)cc(C(O)C(=O)Nc2ccc(-n3nc(C)c4ncnc(N)c43)c(C)c2)c1. The smallest absolute Gasteiger partial charge is 0.257 e. The maximum absolute atomic E-state index is 13.6. The number of halogens is 1. The Morgan fingerprint density at radius 1 is 1.16 bits per heavy atom. The van der Waals surface area contributed by atoms with Crippen LogP contribution in [-0.2, 0) is 4.79 Å². The standard InChI is InChI=1S/C22H21FN6O2/c1-11-6-14(9-15(23)7-11)20(30)22(31)27-16-4-5-17(12(2)8-16)29-19-18(13(3)28-29)25-10-26-21(19)24/h4-10,20,30H,1-3H3,(H,27,31)(H2,24,25,26). The summed E-state index contributed by atoms with van der Waals surface area (Å²) in [5.41, 5.74) is 10.9. The van der Waals surface area contributed by atoms with E-state index in [4.69, 9.17) is 5.73 Å². The van der Waals surface area contributed by atoms with Crippen LogP contribution in [0, 0.1) is 26.6 Å². The van der Waals surface area contributed by atoms with Gasteiger partial charge in [0, 0.05) is 5.69 Å². The van der Waals surface area contributed by atoms with Crippen LogP contribution >= 0.6 is 0 Å². The highest BCUT2D eigenvalue weighted by Gasteiger charge is 2.20. The van der Waals surface area contributed by atoms with Gasteiger partial charge in [-0.3, -0.25) is 4.79 Å². The lowest BCUT2D eigenvalue weighted by molar-refractivity contribution is -0.124. The van der Waals surface area contributed by atoms with Crippen molar-refractivity contribution >= 4 is 28.4 Å². The first-order valence-electron chi connectivity index (χ1n) is 9.57. The van der Waals surface area contributed by atoms with Crippen molar-refractivity contribution in [1.82, 2.24) is 19.7 Å². The Morgan fingerprint density at radius 3 is 2.65 bits per heavy atom. The van der Waals surface area contributed by atoms with Gasteiger partial charge in [0.1, 0.15) is 23.2 Å². The molecule has 0 spiro atoms. The summed E-state index contributed by atoms with van der Waals surface area (Å²) in [4.78, 5) is 20.8. The highest BCUT2D eigenvalue weighted by molar-refractivity contribution is 5.95. The molecule has 2 aromatic heterocycles. The number of nitrogen functional groups attached to an aromatic ring is 1. The van der Waals surface area contributed by atoms with E-state index < -0.39 is 17.8 Å². The van der Waals surface area contributed by atoms with Crippen molar-refractivity contribution in [1.29, 1.82) is 0 Å². The topological polar surface area (TPSA) is 119 Å². The second kappa shape index (κ2) is 7.77. The van der Waals surface area contributed by atoms with Crippen LogP contribution in [0.15, 0.2) is 42.7 Å². The number of nitrogens with two attached hydrogens (primary N) is 1. The number of benzene rings is 2.